The van der Waals surface area contributed by atoms with Crippen molar-refractivity contribution in [3.63, 3.8) is 0 Å². The van der Waals surface area contributed by atoms with Crippen molar-refractivity contribution in [1.82, 2.24) is 9.97 Å². The van der Waals surface area contributed by atoms with Gasteiger partial charge in [0.15, 0.2) is 0 Å². The minimum Gasteiger partial charge on any atom is -0.453 e. The second-order valence-corrected chi connectivity index (χ2v) is 3.84. The Morgan fingerprint density at radius 2 is 2.13 bits per heavy atom. The number of furan rings is 1. The molecule has 0 radical (unpaired) electrons. The van der Waals surface area contributed by atoms with Crippen molar-refractivity contribution in [3.8, 4) is 0 Å². The molecule has 5 nitrogen and oxygen atoms in total. The van der Waals surface area contributed by atoms with Gasteiger partial charge in [0.05, 0.1) is 5.52 Å². The standard InChI is InChI=1S/C10H11N3O2/c11-10-12-7-5-3-1-2-4-6(5)15-8(7)9(14)13-10/h1-4H2,(H3,11,12,13,14). The summed E-state index contributed by atoms with van der Waals surface area (Å²) in [4.78, 5) is 18.0. The molecule has 3 rings (SSSR count). The van der Waals surface area contributed by atoms with Gasteiger partial charge in [0.25, 0.3) is 0 Å². The fourth-order valence-corrected chi connectivity index (χ4v) is 2.16. The number of rotatable bonds is 0. The first-order chi connectivity index (χ1) is 7.25. The fourth-order valence-electron chi connectivity index (χ4n) is 2.16. The first-order valence-electron chi connectivity index (χ1n) is 5.06. The number of aryl methyl sites for hydroxylation is 2. The second kappa shape index (κ2) is 2.85. The summed E-state index contributed by atoms with van der Waals surface area (Å²) in [5.74, 6) is 1.07. The van der Waals surface area contributed by atoms with Gasteiger partial charge >= 0.3 is 5.56 Å². The smallest absolute Gasteiger partial charge is 0.318 e. The molecule has 0 bridgehead atoms. The Kier molecular flexibility index (Phi) is 1.62. The number of hydrogen-bond donors (Lipinski definition) is 2. The third-order valence-electron chi connectivity index (χ3n) is 2.84. The molecule has 78 valence electrons. The normalized spacial score (nSPS) is 15.5. The molecule has 15 heavy (non-hydrogen) atoms. The Bertz CT molecular complexity index is 582. The van der Waals surface area contributed by atoms with Gasteiger partial charge in [-0.15, -0.1) is 0 Å². The van der Waals surface area contributed by atoms with Crippen molar-refractivity contribution in [1.29, 1.82) is 0 Å². The molecule has 0 fully saturated rings. The first-order valence-corrected chi connectivity index (χ1v) is 5.06. The van der Waals surface area contributed by atoms with Crippen LogP contribution in [-0.4, -0.2) is 9.97 Å². The van der Waals surface area contributed by atoms with Crippen LogP contribution in [0.4, 0.5) is 5.95 Å². The molecule has 5 heteroatoms. The van der Waals surface area contributed by atoms with Gasteiger partial charge in [-0.25, -0.2) is 0 Å². The third-order valence-corrected chi connectivity index (χ3v) is 2.84. The minimum absolute atomic E-state index is 0.154. The number of aromatic nitrogens is 2. The van der Waals surface area contributed by atoms with E-state index >= 15 is 0 Å². The summed E-state index contributed by atoms with van der Waals surface area (Å²) in [5, 5.41) is 0. The third kappa shape index (κ3) is 1.16. The Labute approximate surface area is 85.3 Å². The maximum atomic E-state index is 11.5. The lowest BCUT2D eigenvalue weighted by Gasteiger charge is -2.08. The molecule has 2 aromatic heterocycles. The molecule has 0 aromatic carbocycles. The highest BCUT2D eigenvalue weighted by atomic mass is 16.3. The summed E-state index contributed by atoms with van der Waals surface area (Å²) in [6.45, 7) is 0. The summed E-state index contributed by atoms with van der Waals surface area (Å²) < 4.78 is 5.51. The molecular formula is C10H11N3O2. The van der Waals surface area contributed by atoms with Gasteiger partial charge < -0.3 is 15.1 Å². The molecule has 1 aliphatic carbocycles. The van der Waals surface area contributed by atoms with Gasteiger partial charge in [-0.1, -0.05) is 0 Å². The van der Waals surface area contributed by atoms with Crippen LogP contribution in [-0.2, 0) is 12.8 Å². The number of H-pyrrole nitrogens is 1. The fraction of sp³-hybridized carbons (Fsp3) is 0.400. The molecule has 0 atom stereocenters. The van der Waals surface area contributed by atoms with E-state index in [1.54, 1.807) is 0 Å². The SMILES string of the molecule is Nc1nc(=O)c2oc3c(c2[nH]1)CCCC3. The molecule has 1 aliphatic rings. The summed E-state index contributed by atoms with van der Waals surface area (Å²) in [5.41, 5.74) is 7.28. The van der Waals surface area contributed by atoms with Crippen molar-refractivity contribution in [2.24, 2.45) is 0 Å². The number of nitrogens with zero attached hydrogens (tertiary/aromatic N) is 1. The molecule has 0 saturated heterocycles. The average molecular weight is 205 g/mol. The first kappa shape index (κ1) is 8.52. The Morgan fingerprint density at radius 1 is 1.33 bits per heavy atom. The monoisotopic (exact) mass is 205 g/mol. The number of nitrogens with one attached hydrogen (secondary N) is 1. The van der Waals surface area contributed by atoms with Crippen molar-refractivity contribution >= 4 is 17.0 Å². The lowest BCUT2D eigenvalue weighted by molar-refractivity contribution is 0.503. The summed E-state index contributed by atoms with van der Waals surface area (Å²) >= 11 is 0. The van der Waals surface area contributed by atoms with Crippen LogP contribution < -0.4 is 11.3 Å². The summed E-state index contributed by atoms with van der Waals surface area (Å²) in [7, 11) is 0. The largest absolute Gasteiger partial charge is 0.453 e. The predicted molar refractivity (Wildman–Crippen MR) is 55.7 cm³/mol. The lowest BCUT2D eigenvalue weighted by Crippen LogP contribution is -2.10. The van der Waals surface area contributed by atoms with Crippen LogP contribution in [0.2, 0.25) is 0 Å². The molecule has 0 unspecified atom stereocenters. The minimum atomic E-state index is -0.379. The molecule has 2 aromatic rings. The van der Waals surface area contributed by atoms with E-state index in [9.17, 15) is 4.79 Å². The Balaban J connectivity index is 2.42. The highest BCUT2D eigenvalue weighted by Gasteiger charge is 2.20. The Morgan fingerprint density at radius 3 is 3.00 bits per heavy atom. The van der Waals surface area contributed by atoms with Crippen molar-refractivity contribution in [2.75, 3.05) is 5.73 Å². The summed E-state index contributed by atoms with van der Waals surface area (Å²) in [6, 6.07) is 0. The predicted octanol–water partition coefficient (Wildman–Crippen LogP) is 0.977. The van der Waals surface area contributed by atoms with Gasteiger partial charge in [0.1, 0.15) is 5.76 Å². The van der Waals surface area contributed by atoms with E-state index in [0.717, 1.165) is 42.5 Å². The van der Waals surface area contributed by atoms with E-state index in [2.05, 4.69) is 9.97 Å². The van der Waals surface area contributed by atoms with Crippen LogP contribution in [0.3, 0.4) is 0 Å². The number of nitrogens with two attached hydrogens (primary N) is 1. The number of aromatic amines is 1. The number of hydrogen-bond acceptors (Lipinski definition) is 4. The molecule has 0 amide bonds. The maximum absolute atomic E-state index is 11.5. The zero-order valence-electron chi connectivity index (χ0n) is 8.17. The van der Waals surface area contributed by atoms with E-state index in [0.29, 0.717) is 5.58 Å². The van der Waals surface area contributed by atoms with Crippen LogP contribution in [0.15, 0.2) is 9.21 Å². The van der Waals surface area contributed by atoms with E-state index in [4.69, 9.17) is 10.2 Å². The van der Waals surface area contributed by atoms with Gasteiger partial charge in [0, 0.05) is 12.0 Å². The molecule has 0 aliphatic heterocycles. The van der Waals surface area contributed by atoms with Crippen molar-refractivity contribution in [3.05, 3.63) is 21.7 Å². The lowest BCUT2D eigenvalue weighted by atomic mass is 9.98. The second-order valence-electron chi connectivity index (χ2n) is 3.84. The highest BCUT2D eigenvalue weighted by Crippen LogP contribution is 2.28. The van der Waals surface area contributed by atoms with Gasteiger partial charge in [0.2, 0.25) is 11.5 Å². The summed E-state index contributed by atoms with van der Waals surface area (Å²) in [6.07, 6.45) is 4.09. The van der Waals surface area contributed by atoms with Crippen LogP contribution in [0.25, 0.3) is 11.1 Å². The zero-order chi connectivity index (χ0) is 10.4. The van der Waals surface area contributed by atoms with Crippen LogP contribution >= 0.6 is 0 Å². The molecule has 0 spiro atoms. The van der Waals surface area contributed by atoms with Crippen LogP contribution in [0, 0.1) is 0 Å². The highest BCUT2D eigenvalue weighted by molar-refractivity contribution is 5.78. The van der Waals surface area contributed by atoms with E-state index in [1.165, 1.54) is 0 Å². The number of fused-ring (bicyclic) bond motifs is 3. The van der Waals surface area contributed by atoms with Gasteiger partial charge in [-0.05, 0) is 19.3 Å². The van der Waals surface area contributed by atoms with Crippen molar-refractivity contribution < 1.29 is 4.42 Å². The zero-order valence-corrected chi connectivity index (χ0v) is 8.17. The van der Waals surface area contributed by atoms with E-state index in [1.807, 2.05) is 0 Å². The average Bonchev–Trinajstić information content (AvgIpc) is 2.57. The Hall–Kier alpha value is -1.78. The van der Waals surface area contributed by atoms with Crippen molar-refractivity contribution in [2.45, 2.75) is 25.7 Å². The quantitative estimate of drug-likeness (QED) is 0.671. The topological polar surface area (TPSA) is 84.9 Å². The molecule has 2 heterocycles. The molecule has 0 saturated carbocycles. The maximum Gasteiger partial charge on any atom is 0.318 e. The number of anilines is 1. The molecule has 3 N–H and O–H groups in total. The number of nitrogen functional groups attached to an aromatic ring is 1. The van der Waals surface area contributed by atoms with E-state index in [-0.39, 0.29) is 11.5 Å². The molecular weight excluding hydrogens is 194 g/mol. The van der Waals surface area contributed by atoms with Crippen LogP contribution in [0.1, 0.15) is 24.2 Å². The van der Waals surface area contributed by atoms with E-state index < -0.39 is 0 Å². The van der Waals surface area contributed by atoms with Gasteiger partial charge in [-0.3, -0.25) is 4.79 Å². The van der Waals surface area contributed by atoms with Crippen LogP contribution in [0.5, 0.6) is 0 Å². The van der Waals surface area contributed by atoms with Gasteiger partial charge in [-0.2, -0.15) is 4.98 Å².